The van der Waals surface area contributed by atoms with Crippen molar-refractivity contribution >= 4 is 29.0 Å². The molecule has 0 bridgehead atoms. The summed E-state index contributed by atoms with van der Waals surface area (Å²) in [6, 6.07) is 18.0. The first-order valence-electron chi connectivity index (χ1n) is 8.71. The van der Waals surface area contributed by atoms with Crippen molar-refractivity contribution in [2.45, 2.75) is 26.8 Å². The summed E-state index contributed by atoms with van der Waals surface area (Å²) in [5.41, 5.74) is 7.12. The molecule has 26 heavy (non-hydrogen) atoms. The van der Waals surface area contributed by atoms with Crippen LogP contribution in [0.5, 0.6) is 0 Å². The van der Waals surface area contributed by atoms with Crippen molar-refractivity contribution in [1.29, 1.82) is 0 Å². The zero-order valence-corrected chi connectivity index (χ0v) is 16.0. The molecule has 0 spiro atoms. The van der Waals surface area contributed by atoms with E-state index in [4.69, 9.17) is 16.6 Å². The zero-order valence-electron chi connectivity index (χ0n) is 15.2. The Bertz CT molecular complexity index is 836. The van der Waals surface area contributed by atoms with Gasteiger partial charge in [-0.1, -0.05) is 67.9 Å². The molecule has 2 aromatic rings. The monoisotopic (exact) mass is 366 g/mol. The number of halogens is 1. The molecule has 134 valence electrons. The molecule has 0 fully saturated rings. The highest BCUT2D eigenvalue weighted by molar-refractivity contribution is 6.30. The van der Waals surface area contributed by atoms with E-state index in [1.165, 1.54) is 0 Å². The quantitative estimate of drug-likeness (QED) is 0.609. The number of guanidine groups is 1. The number of aliphatic imine (C=N–C) groups is 1. The van der Waals surface area contributed by atoms with Crippen LogP contribution in [0.4, 0.5) is 0 Å². The number of nitrogens with one attached hydrogen (secondary N) is 2. The molecule has 0 aliphatic carbocycles. The lowest BCUT2D eigenvalue weighted by atomic mass is 10.0. The number of nitrogens with zero attached hydrogens (tertiary/aromatic N) is 2. The Hall–Kier alpha value is -2.59. The maximum atomic E-state index is 5.94. The SMILES string of the molecule is C/C(=N\NC1=NC(C(C)C)C=C(c2ccccc2)N1)c1ccc(Cl)cc1. The van der Waals surface area contributed by atoms with Gasteiger partial charge < -0.3 is 5.32 Å². The van der Waals surface area contributed by atoms with Crippen LogP contribution in [0, 0.1) is 5.92 Å². The van der Waals surface area contributed by atoms with E-state index in [0.29, 0.717) is 16.9 Å². The Morgan fingerprint density at radius 3 is 2.46 bits per heavy atom. The van der Waals surface area contributed by atoms with Crippen molar-refractivity contribution in [3.05, 3.63) is 76.8 Å². The molecular formula is C21H23ClN4. The maximum absolute atomic E-state index is 5.94. The number of rotatable bonds is 4. The molecule has 3 rings (SSSR count). The molecule has 0 saturated carbocycles. The van der Waals surface area contributed by atoms with E-state index in [2.05, 4.69) is 47.9 Å². The summed E-state index contributed by atoms with van der Waals surface area (Å²) in [5, 5.41) is 8.53. The first-order chi connectivity index (χ1) is 12.5. The van der Waals surface area contributed by atoms with E-state index in [1.807, 2.05) is 49.4 Å². The average molecular weight is 367 g/mol. The second-order valence-corrected chi connectivity index (χ2v) is 7.04. The Kier molecular flexibility index (Phi) is 5.74. The Labute approximate surface area is 159 Å². The molecule has 2 aromatic carbocycles. The minimum Gasteiger partial charge on any atom is -0.325 e. The molecule has 0 aromatic heterocycles. The summed E-state index contributed by atoms with van der Waals surface area (Å²) in [6.45, 7) is 6.28. The predicted molar refractivity (Wildman–Crippen MR) is 110 cm³/mol. The third-order valence-corrected chi connectivity index (χ3v) is 4.48. The Morgan fingerprint density at radius 2 is 1.81 bits per heavy atom. The van der Waals surface area contributed by atoms with E-state index in [9.17, 15) is 0 Å². The van der Waals surface area contributed by atoms with Crippen LogP contribution in [0.2, 0.25) is 5.02 Å². The highest BCUT2D eigenvalue weighted by Gasteiger charge is 2.18. The van der Waals surface area contributed by atoms with E-state index >= 15 is 0 Å². The lowest BCUT2D eigenvalue weighted by molar-refractivity contribution is 0.564. The summed E-state index contributed by atoms with van der Waals surface area (Å²) >= 11 is 5.94. The molecule has 1 aliphatic heterocycles. The van der Waals surface area contributed by atoms with Crippen LogP contribution >= 0.6 is 11.6 Å². The van der Waals surface area contributed by atoms with Crippen molar-refractivity contribution in [3.8, 4) is 0 Å². The fraction of sp³-hybridized carbons (Fsp3) is 0.238. The molecule has 4 nitrogen and oxygen atoms in total. The Balaban J connectivity index is 1.78. The maximum Gasteiger partial charge on any atom is 0.217 e. The van der Waals surface area contributed by atoms with Gasteiger partial charge in [0.15, 0.2) is 0 Å². The van der Waals surface area contributed by atoms with Gasteiger partial charge in [-0.2, -0.15) is 5.10 Å². The first kappa shape index (κ1) is 18.2. The molecule has 1 heterocycles. The topological polar surface area (TPSA) is 48.8 Å². The van der Waals surface area contributed by atoms with Gasteiger partial charge in [0.1, 0.15) is 0 Å². The van der Waals surface area contributed by atoms with Crippen molar-refractivity contribution < 1.29 is 0 Å². The third kappa shape index (κ3) is 4.52. The molecule has 0 amide bonds. The van der Waals surface area contributed by atoms with Crippen molar-refractivity contribution in [2.24, 2.45) is 16.0 Å². The summed E-state index contributed by atoms with van der Waals surface area (Å²) in [5.74, 6) is 1.05. The molecule has 1 unspecified atom stereocenters. The van der Waals surface area contributed by atoms with Crippen LogP contribution in [0.15, 0.2) is 70.8 Å². The third-order valence-electron chi connectivity index (χ3n) is 4.23. The van der Waals surface area contributed by atoms with Gasteiger partial charge in [-0.25, -0.2) is 10.4 Å². The normalized spacial score (nSPS) is 17.4. The van der Waals surface area contributed by atoms with Crippen LogP contribution < -0.4 is 10.7 Å². The molecule has 5 heteroatoms. The van der Waals surface area contributed by atoms with Gasteiger partial charge in [0.05, 0.1) is 11.8 Å². The number of hydrazone groups is 1. The zero-order chi connectivity index (χ0) is 18.5. The Morgan fingerprint density at radius 1 is 1.12 bits per heavy atom. The standard InChI is InChI=1S/C21H23ClN4/c1-14(2)19-13-20(17-7-5-4-6-8-17)24-21(23-19)26-25-15(3)16-9-11-18(22)12-10-16/h4-14,19H,1-3H3,(H2,23,24,26)/b25-15+. The van der Waals surface area contributed by atoms with Crippen molar-refractivity contribution in [1.82, 2.24) is 10.7 Å². The molecule has 0 saturated heterocycles. The van der Waals surface area contributed by atoms with E-state index < -0.39 is 0 Å². The highest BCUT2D eigenvalue weighted by Crippen LogP contribution is 2.20. The van der Waals surface area contributed by atoms with Gasteiger partial charge in [-0.3, -0.25) is 0 Å². The van der Waals surface area contributed by atoms with Crippen molar-refractivity contribution in [2.75, 3.05) is 0 Å². The number of benzene rings is 2. The van der Waals surface area contributed by atoms with Gasteiger partial charge in [0.25, 0.3) is 0 Å². The van der Waals surface area contributed by atoms with Crippen LogP contribution in [0.25, 0.3) is 5.70 Å². The fourth-order valence-electron chi connectivity index (χ4n) is 2.64. The fourth-order valence-corrected chi connectivity index (χ4v) is 2.76. The second-order valence-electron chi connectivity index (χ2n) is 6.60. The summed E-state index contributed by atoms with van der Waals surface area (Å²) in [7, 11) is 0. The van der Waals surface area contributed by atoms with Crippen LogP contribution in [-0.2, 0) is 0 Å². The molecule has 1 aliphatic rings. The highest BCUT2D eigenvalue weighted by atomic mass is 35.5. The minimum atomic E-state index is 0.0972. The van der Waals surface area contributed by atoms with Crippen LogP contribution in [-0.4, -0.2) is 17.7 Å². The predicted octanol–water partition coefficient (Wildman–Crippen LogP) is 4.68. The van der Waals surface area contributed by atoms with Gasteiger partial charge >= 0.3 is 0 Å². The lowest BCUT2D eigenvalue weighted by Gasteiger charge is -2.24. The summed E-state index contributed by atoms with van der Waals surface area (Å²) in [6.07, 6.45) is 2.17. The van der Waals surface area contributed by atoms with E-state index in [-0.39, 0.29) is 6.04 Å². The van der Waals surface area contributed by atoms with E-state index in [1.54, 1.807) is 0 Å². The number of hydrogen-bond donors (Lipinski definition) is 2. The minimum absolute atomic E-state index is 0.0972. The lowest BCUT2D eigenvalue weighted by Crippen LogP contribution is -2.38. The smallest absolute Gasteiger partial charge is 0.217 e. The van der Waals surface area contributed by atoms with Gasteiger partial charge in [0.2, 0.25) is 5.96 Å². The van der Waals surface area contributed by atoms with Crippen molar-refractivity contribution in [3.63, 3.8) is 0 Å². The number of hydrogen-bond acceptors (Lipinski definition) is 4. The largest absolute Gasteiger partial charge is 0.325 e. The molecule has 2 N–H and O–H groups in total. The molecule has 1 atom stereocenters. The van der Waals surface area contributed by atoms with Crippen LogP contribution in [0.3, 0.4) is 0 Å². The molecular weight excluding hydrogens is 344 g/mol. The molecule has 0 radical (unpaired) electrons. The van der Waals surface area contributed by atoms with Crippen LogP contribution in [0.1, 0.15) is 31.9 Å². The van der Waals surface area contributed by atoms with Gasteiger partial charge in [-0.15, -0.1) is 0 Å². The first-order valence-corrected chi connectivity index (χ1v) is 9.09. The summed E-state index contributed by atoms with van der Waals surface area (Å²) < 4.78 is 0. The van der Waals surface area contributed by atoms with Gasteiger partial charge in [0, 0.05) is 10.7 Å². The van der Waals surface area contributed by atoms with Gasteiger partial charge in [-0.05, 0) is 42.2 Å². The van der Waals surface area contributed by atoms with E-state index in [0.717, 1.165) is 22.5 Å². The second kappa shape index (κ2) is 8.19. The average Bonchev–Trinajstić information content (AvgIpc) is 2.67. The summed E-state index contributed by atoms with van der Waals surface area (Å²) in [4.78, 5) is 4.73.